The number of carbonyl (C=O) groups excluding carboxylic acids is 1. The molecule has 2 amide bonds. The van der Waals surface area contributed by atoms with Gasteiger partial charge in [-0.05, 0) is 36.2 Å². The van der Waals surface area contributed by atoms with Gasteiger partial charge in [-0.2, -0.15) is 0 Å². The van der Waals surface area contributed by atoms with Crippen molar-refractivity contribution < 1.29 is 9.53 Å². The van der Waals surface area contributed by atoms with Crippen molar-refractivity contribution in [3.05, 3.63) is 54.4 Å². The van der Waals surface area contributed by atoms with Gasteiger partial charge in [0.05, 0.1) is 7.11 Å². The quantitative estimate of drug-likeness (QED) is 0.715. The standard InChI is InChI=1S/C21H25N5O2/c1-28-20-15-16(5-8-23-20)6-9-24-21(27)26-13-11-25(12-14-26)19-4-2-3-18-17(19)7-10-22-18/h2-5,7-8,10,15,22H,6,9,11-14H2,1H3,(H,24,27). The molecule has 0 aliphatic carbocycles. The number of amides is 2. The van der Waals surface area contributed by atoms with Crippen LogP contribution in [0.1, 0.15) is 5.56 Å². The molecule has 7 nitrogen and oxygen atoms in total. The van der Waals surface area contributed by atoms with Crippen LogP contribution in [-0.4, -0.2) is 60.7 Å². The summed E-state index contributed by atoms with van der Waals surface area (Å²) >= 11 is 0. The van der Waals surface area contributed by atoms with Crippen LogP contribution in [0.5, 0.6) is 5.88 Å². The van der Waals surface area contributed by atoms with E-state index < -0.39 is 0 Å². The molecule has 1 fully saturated rings. The Labute approximate surface area is 164 Å². The molecule has 2 aromatic heterocycles. The SMILES string of the molecule is COc1cc(CCNC(=O)N2CCN(c3cccc4[nH]ccc34)CC2)ccn1. The summed E-state index contributed by atoms with van der Waals surface area (Å²) in [5, 5.41) is 4.25. The average molecular weight is 379 g/mol. The van der Waals surface area contributed by atoms with Crippen LogP contribution in [0, 0.1) is 0 Å². The highest BCUT2D eigenvalue weighted by Gasteiger charge is 2.22. The molecule has 7 heteroatoms. The lowest BCUT2D eigenvalue weighted by Crippen LogP contribution is -2.52. The number of aromatic nitrogens is 2. The van der Waals surface area contributed by atoms with E-state index >= 15 is 0 Å². The highest BCUT2D eigenvalue weighted by atomic mass is 16.5. The van der Waals surface area contributed by atoms with Gasteiger partial charge in [0.15, 0.2) is 0 Å². The number of fused-ring (bicyclic) bond motifs is 1. The zero-order valence-electron chi connectivity index (χ0n) is 16.0. The molecule has 0 spiro atoms. The normalized spacial score (nSPS) is 14.3. The number of nitrogens with one attached hydrogen (secondary N) is 2. The lowest BCUT2D eigenvalue weighted by Gasteiger charge is -2.36. The van der Waals surface area contributed by atoms with Crippen LogP contribution < -0.4 is 15.0 Å². The predicted octanol–water partition coefficient (Wildman–Crippen LogP) is 2.65. The predicted molar refractivity (Wildman–Crippen MR) is 110 cm³/mol. The van der Waals surface area contributed by atoms with Gasteiger partial charge in [-0.15, -0.1) is 0 Å². The smallest absolute Gasteiger partial charge is 0.317 e. The van der Waals surface area contributed by atoms with Crippen molar-refractivity contribution >= 4 is 22.6 Å². The van der Waals surface area contributed by atoms with Crippen molar-refractivity contribution in [3.63, 3.8) is 0 Å². The number of hydrogen-bond donors (Lipinski definition) is 2. The molecule has 3 heterocycles. The van der Waals surface area contributed by atoms with Crippen LogP contribution in [0.15, 0.2) is 48.8 Å². The van der Waals surface area contributed by atoms with Gasteiger partial charge in [-0.25, -0.2) is 9.78 Å². The maximum Gasteiger partial charge on any atom is 0.317 e. The van der Waals surface area contributed by atoms with Crippen molar-refractivity contribution in [1.82, 2.24) is 20.2 Å². The number of hydrogen-bond acceptors (Lipinski definition) is 4. The van der Waals surface area contributed by atoms with E-state index in [1.54, 1.807) is 13.3 Å². The van der Waals surface area contributed by atoms with Gasteiger partial charge >= 0.3 is 6.03 Å². The number of benzene rings is 1. The van der Waals surface area contributed by atoms with Crippen LogP contribution in [0.25, 0.3) is 10.9 Å². The largest absolute Gasteiger partial charge is 0.481 e. The van der Waals surface area contributed by atoms with Crippen LogP contribution in [0.4, 0.5) is 10.5 Å². The van der Waals surface area contributed by atoms with E-state index in [4.69, 9.17) is 4.74 Å². The number of carbonyl (C=O) groups is 1. The van der Waals surface area contributed by atoms with Gasteiger partial charge in [-0.1, -0.05) is 6.07 Å². The second-order valence-corrected chi connectivity index (χ2v) is 6.88. The zero-order chi connectivity index (χ0) is 19.3. The fraction of sp³-hybridized carbons (Fsp3) is 0.333. The molecule has 0 saturated carbocycles. The second kappa shape index (κ2) is 8.21. The fourth-order valence-corrected chi connectivity index (χ4v) is 3.64. The number of anilines is 1. The first kappa shape index (κ1) is 18.2. The molecule has 0 atom stereocenters. The maximum atomic E-state index is 12.5. The molecule has 0 radical (unpaired) electrons. The Morgan fingerprint density at radius 3 is 2.89 bits per heavy atom. The van der Waals surface area contributed by atoms with Crippen molar-refractivity contribution in [2.24, 2.45) is 0 Å². The Hall–Kier alpha value is -3.22. The van der Waals surface area contributed by atoms with Crippen molar-refractivity contribution in [2.75, 3.05) is 44.7 Å². The van der Waals surface area contributed by atoms with Gasteiger partial charge in [0.2, 0.25) is 5.88 Å². The molecule has 1 aromatic carbocycles. The number of ether oxygens (including phenoxy) is 1. The number of pyridine rings is 1. The third-order valence-electron chi connectivity index (χ3n) is 5.18. The van der Waals surface area contributed by atoms with Gasteiger partial charge in [0.1, 0.15) is 0 Å². The molecule has 0 bridgehead atoms. The van der Waals surface area contributed by atoms with Crippen molar-refractivity contribution in [3.8, 4) is 5.88 Å². The second-order valence-electron chi connectivity index (χ2n) is 6.88. The van der Waals surface area contributed by atoms with Crippen LogP contribution in [0.3, 0.4) is 0 Å². The molecule has 1 saturated heterocycles. The lowest BCUT2D eigenvalue weighted by atomic mass is 10.1. The van der Waals surface area contributed by atoms with Gasteiger partial charge in [0.25, 0.3) is 0 Å². The molecular weight excluding hydrogens is 354 g/mol. The lowest BCUT2D eigenvalue weighted by molar-refractivity contribution is 0.194. The molecule has 1 aliphatic heterocycles. The maximum absolute atomic E-state index is 12.5. The summed E-state index contributed by atoms with van der Waals surface area (Å²) in [5.74, 6) is 0.595. The van der Waals surface area contributed by atoms with E-state index in [0.717, 1.165) is 43.7 Å². The van der Waals surface area contributed by atoms with E-state index in [-0.39, 0.29) is 6.03 Å². The highest BCUT2D eigenvalue weighted by molar-refractivity contribution is 5.92. The van der Waals surface area contributed by atoms with E-state index in [2.05, 4.69) is 44.5 Å². The topological polar surface area (TPSA) is 73.5 Å². The molecule has 3 aromatic rings. The molecule has 28 heavy (non-hydrogen) atoms. The van der Waals surface area contributed by atoms with E-state index in [1.165, 1.54) is 11.1 Å². The van der Waals surface area contributed by atoms with Crippen LogP contribution >= 0.6 is 0 Å². The number of rotatable bonds is 5. The third kappa shape index (κ3) is 3.88. The summed E-state index contributed by atoms with van der Waals surface area (Å²) < 4.78 is 5.13. The van der Waals surface area contributed by atoms with Crippen molar-refractivity contribution in [1.29, 1.82) is 0 Å². The minimum Gasteiger partial charge on any atom is -0.481 e. The molecular formula is C21H25N5O2. The van der Waals surface area contributed by atoms with Gasteiger partial charge in [-0.3, -0.25) is 0 Å². The number of methoxy groups -OCH3 is 1. The Bertz CT molecular complexity index is 947. The monoisotopic (exact) mass is 379 g/mol. The molecule has 146 valence electrons. The molecule has 0 unspecified atom stereocenters. The first-order valence-corrected chi connectivity index (χ1v) is 9.57. The third-order valence-corrected chi connectivity index (χ3v) is 5.18. The average Bonchev–Trinajstić information content (AvgIpc) is 3.23. The fourth-order valence-electron chi connectivity index (χ4n) is 3.64. The van der Waals surface area contributed by atoms with E-state index in [1.807, 2.05) is 23.2 Å². The number of urea groups is 1. The Kier molecular flexibility index (Phi) is 5.32. The Morgan fingerprint density at radius 1 is 1.21 bits per heavy atom. The summed E-state index contributed by atoms with van der Waals surface area (Å²) in [5.41, 5.74) is 3.47. The zero-order valence-corrected chi connectivity index (χ0v) is 16.0. The first-order valence-electron chi connectivity index (χ1n) is 9.57. The van der Waals surface area contributed by atoms with Gasteiger partial charge < -0.3 is 24.8 Å². The van der Waals surface area contributed by atoms with E-state index in [0.29, 0.717) is 12.4 Å². The Balaban J connectivity index is 1.27. The number of H-pyrrole nitrogens is 1. The summed E-state index contributed by atoms with van der Waals surface area (Å²) in [6.45, 7) is 3.69. The van der Waals surface area contributed by atoms with E-state index in [9.17, 15) is 4.79 Å². The molecule has 1 aliphatic rings. The number of nitrogens with zero attached hydrogens (tertiary/aromatic N) is 3. The first-order chi connectivity index (χ1) is 13.7. The minimum atomic E-state index is 0.000485. The summed E-state index contributed by atoms with van der Waals surface area (Å²) in [4.78, 5) is 24.1. The minimum absolute atomic E-state index is 0.000485. The highest BCUT2D eigenvalue weighted by Crippen LogP contribution is 2.26. The molecule has 2 N–H and O–H groups in total. The summed E-state index contributed by atoms with van der Waals surface area (Å²) in [6, 6.07) is 12.2. The number of piperazine rings is 1. The Morgan fingerprint density at radius 2 is 2.07 bits per heavy atom. The van der Waals surface area contributed by atoms with Gasteiger partial charge in [0, 0.05) is 67.8 Å². The number of aromatic amines is 1. The summed E-state index contributed by atoms with van der Waals surface area (Å²) in [7, 11) is 1.60. The van der Waals surface area contributed by atoms with Crippen molar-refractivity contribution in [2.45, 2.75) is 6.42 Å². The van der Waals surface area contributed by atoms with Crippen LogP contribution in [-0.2, 0) is 6.42 Å². The summed E-state index contributed by atoms with van der Waals surface area (Å²) in [6.07, 6.45) is 4.44. The van der Waals surface area contributed by atoms with Crippen LogP contribution in [0.2, 0.25) is 0 Å². The molecule has 4 rings (SSSR count).